The molecule has 1 aliphatic heterocycles. The highest BCUT2D eigenvalue weighted by Gasteiger charge is 2.24. The molecule has 2 heterocycles. The monoisotopic (exact) mass is 341 g/mol. The van der Waals surface area contributed by atoms with Gasteiger partial charge in [-0.25, -0.2) is 4.39 Å². The van der Waals surface area contributed by atoms with Gasteiger partial charge in [0.05, 0.1) is 5.69 Å². The summed E-state index contributed by atoms with van der Waals surface area (Å²) in [5, 5.41) is 11.0. The minimum Gasteiger partial charge on any atom is -0.366 e. The normalized spacial score (nSPS) is 14.3. The maximum absolute atomic E-state index is 13.9. The van der Waals surface area contributed by atoms with Crippen LogP contribution in [0.1, 0.15) is 10.5 Å². The van der Waals surface area contributed by atoms with Crippen LogP contribution in [-0.4, -0.2) is 53.7 Å². The first kappa shape index (κ1) is 16.9. The van der Waals surface area contributed by atoms with Crippen LogP contribution in [0.4, 0.5) is 15.9 Å². The second kappa shape index (κ2) is 7.74. The quantitative estimate of drug-likeness (QED) is 0.845. The van der Waals surface area contributed by atoms with E-state index in [9.17, 15) is 9.18 Å². The van der Waals surface area contributed by atoms with Gasteiger partial charge in [0, 0.05) is 32.7 Å². The lowest BCUT2D eigenvalue weighted by Crippen LogP contribution is -2.49. The van der Waals surface area contributed by atoms with E-state index >= 15 is 0 Å². The van der Waals surface area contributed by atoms with Crippen LogP contribution in [0.5, 0.6) is 0 Å². The number of piperazine rings is 1. The summed E-state index contributed by atoms with van der Waals surface area (Å²) < 4.78 is 13.9. The second-order valence-corrected chi connectivity index (χ2v) is 5.70. The van der Waals surface area contributed by atoms with Gasteiger partial charge >= 0.3 is 0 Å². The fraction of sp³-hybridized carbons (Fsp3) is 0.278. The molecule has 2 aromatic rings. The molecule has 0 aliphatic carbocycles. The van der Waals surface area contributed by atoms with Crippen molar-refractivity contribution in [2.75, 3.05) is 42.9 Å². The van der Waals surface area contributed by atoms with Gasteiger partial charge in [0.15, 0.2) is 5.69 Å². The molecule has 7 heteroatoms. The largest absolute Gasteiger partial charge is 0.366 e. The Morgan fingerprint density at radius 1 is 1.16 bits per heavy atom. The molecule has 1 saturated heterocycles. The van der Waals surface area contributed by atoms with Gasteiger partial charge in [-0.15, -0.1) is 16.8 Å². The summed E-state index contributed by atoms with van der Waals surface area (Å²) in [6, 6.07) is 10.1. The smallest absolute Gasteiger partial charge is 0.274 e. The molecule has 1 aromatic carbocycles. The summed E-state index contributed by atoms with van der Waals surface area (Å²) in [6.07, 6.45) is 1.72. The predicted molar refractivity (Wildman–Crippen MR) is 95.2 cm³/mol. The highest BCUT2D eigenvalue weighted by atomic mass is 19.1. The van der Waals surface area contributed by atoms with E-state index in [0.29, 0.717) is 49.9 Å². The van der Waals surface area contributed by atoms with Crippen molar-refractivity contribution in [3.63, 3.8) is 0 Å². The molecule has 0 radical (unpaired) electrons. The molecule has 0 unspecified atom stereocenters. The van der Waals surface area contributed by atoms with E-state index in [-0.39, 0.29) is 11.7 Å². The molecule has 1 fully saturated rings. The molecular weight excluding hydrogens is 321 g/mol. The van der Waals surface area contributed by atoms with E-state index in [2.05, 4.69) is 22.1 Å². The summed E-state index contributed by atoms with van der Waals surface area (Å²) in [6.45, 7) is 6.40. The average molecular weight is 341 g/mol. The molecule has 1 amide bonds. The minimum absolute atomic E-state index is 0.157. The van der Waals surface area contributed by atoms with Crippen molar-refractivity contribution in [2.45, 2.75) is 0 Å². The summed E-state index contributed by atoms with van der Waals surface area (Å²) in [4.78, 5) is 16.2. The standard InChI is InChI=1S/C18H20FN5O/c1-2-9-20-17-8-7-15(21-22-17)18(25)24-12-10-23(11-13-24)16-6-4-3-5-14(16)19/h2-8H,1,9-13H2,(H,20,22). The average Bonchev–Trinajstić information content (AvgIpc) is 2.67. The van der Waals surface area contributed by atoms with Crippen LogP contribution in [-0.2, 0) is 0 Å². The maximum atomic E-state index is 13.9. The molecule has 6 nitrogen and oxygen atoms in total. The Balaban J connectivity index is 1.60. The molecule has 0 saturated carbocycles. The zero-order chi connectivity index (χ0) is 17.6. The van der Waals surface area contributed by atoms with Gasteiger partial charge < -0.3 is 15.1 Å². The molecule has 3 rings (SSSR count). The van der Waals surface area contributed by atoms with E-state index < -0.39 is 0 Å². The third-order valence-corrected chi connectivity index (χ3v) is 4.07. The fourth-order valence-electron chi connectivity index (χ4n) is 2.74. The summed E-state index contributed by atoms with van der Waals surface area (Å²) in [5.74, 6) is 0.201. The van der Waals surface area contributed by atoms with Gasteiger partial charge in [-0.1, -0.05) is 18.2 Å². The number of nitrogens with zero attached hydrogens (tertiary/aromatic N) is 4. The topological polar surface area (TPSA) is 61.4 Å². The minimum atomic E-state index is -0.240. The Hall–Kier alpha value is -2.96. The number of halogens is 1. The van der Waals surface area contributed by atoms with E-state index in [1.165, 1.54) is 6.07 Å². The number of carbonyl (C=O) groups is 1. The molecular formula is C18H20FN5O. The van der Waals surface area contributed by atoms with Crippen LogP contribution >= 0.6 is 0 Å². The van der Waals surface area contributed by atoms with Crippen LogP contribution in [0.25, 0.3) is 0 Å². The zero-order valence-corrected chi connectivity index (χ0v) is 13.9. The zero-order valence-electron chi connectivity index (χ0n) is 13.9. The summed E-state index contributed by atoms with van der Waals surface area (Å²) in [7, 11) is 0. The lowest BCUT2D eigenvalue weighted by Gasteiger charge is -2.36. The number of nitrogens with one attached hydrogen (secondary N) is 1. The summed E-state index contributed by atoms with van der Waals surface area (Å²) >= 11 is 0. The van der Waals surface area contributed by atoms with Crippen molar-refractivity contribution in [1.29, 1.82) is 0 Å². The number of benzene rings is 1. The van der Waals surface area contributed by atoms with Gasteiger partial charge in [0.1, 0.15) is 11.6 Å². The molecule has 25 heavy (non-hydrogen) atoms. The fourth-order valence-corrected chi connectivity index (χ4v) is 2.74. The molecule has 0 spiro atoms. The third kappa shape index (κ3) is 3.93. The van der Waals surface area contributed by atoms with Crippen LogP contribution in [0, 0.1) is 5.82 Å². The SMILES string of the molecule is C=CCNc1ccc(C(=O)N2CCN(c3ccccc3F)CC2)nn1. The van der Waals surface area contributed by atoms with Crippen LogP contribution in [0.15, 0.2) is 49.1 Å². The van der Waals surface area contributed by atoms with E-state index in [0.717, 1.165) is 0 Å². The van der Waals surface area contributed by atoms with Crippen molar-refractivity contribution in [1.82, 2.24) is 15.1 Å². The number of hydrogen-bond acceptors (Lipinski definition) is 5. The molecule has 130 valence electrons. The van der Waals surface area contributed by atoms with Crippen molar-refractivity contribution in [3.05, 3.63) is 60.6 Å². The Morgan fingerprint density at radius 2 is 1.92 bits per heavy atom. The second-order valence-electron chi connectivity index (χ2n) is 5.70. The Labute approximate surface area is 146 Å². The van der Waals surface area contributed by atoms with Crippen molar-refractivity contribution in [2.24, 2.45) is 0 Å². The van der Waals surface area contributed by atoms with Crippen molar-refractivity contribution in [3.8, 4) is 0 Å². The molecule has 1 N–H and O–H groups in total. The molecule has 1 aliphatic rings. The lowest BCUT2D eigenvalue weighted by atomic mass is 10.2. The van der Waals surface area contributed by atoms with Gasteiger partial charge in [0.25, 0.3) is 5.91 Å². The van der Waals surface area contributed by atoms with Crippen molar-refractivity contribution < 1.29 is 9.18 Å². The molecule has 0 bridgehead atoms. The van der Waals surface area contributed by atoms with E-state index in [1.807, 2.05) is 11.0 Å². The van der Waals surface area contributed by atoms with Crippen LogP contribution < -0.4 is 10.2 Å². The maximum Gasteiger partial charge on any atom is 0.274 e. The molecule has 1 aromatic heterocycles. The van der Waals surface area contributed by atoms with E-state index in [1.54, 1.807) is 35.2 Å². The number of para-hydroxylation sites is 1. The summed E-state index contributed by atoms with van der Waals surface area (Å²) in [5.41, 5.74) is 0.885. The lowest BCUT2D eigenvalue weighted by molar-refractivity contribution is 0.0739. The first-order valence-corrected chi connectivity index (χ1v) is 8.16. The number of carbonyl (C=O) groups excluding carboxylic acids is 1. The van der Waals surface area contributed by atoms with Gasteiger partial charge in [-0.2, -0.15) is 0 Å². The first-order chi connectivity index (χ1) is 12.2. The number of amides is 1. The van der Waals surface area contributed by atoms with Gasteiger partial charge in [-0.3, -0.25) is 4.79 Å². The van der Waals surface area contributed by atoms with E-state index in [4.69, 9.17) is 0 Å². The van der Waals surface area contributed by atoms with Crippen LogP contribution in [0.3, 0.4) is 0 Å². The number of aromatic nitrogens is 2. The first-order valence-electron chi connectivity index (χ1n) is 8.16. The predicted octanol–water partition coefficient (Wildman–Crippen LogP) is 2.18. The highest BCUT2D eigenvalue weighted by molar-refractivity contribution is 5.92. The van der Waals surface area contributed by atoms with Gasteiger partial charge in [0.2, 0.25) is 0 Å². The Morgan fingerprint density at radius 3 is 2.56 bits per heavy atom. The number of rotatable bonds is 5. The Bertz CT molecular complexity index is 741. The molecule has 0 atom stereocenters. The number of anilines is 2. The Kier molecular flexibility index (Phi) is 5.23. The van der Waals surface area contributed by atoms with Gasteiger partial charge in [-0.05, 0) is 24.3 Å². The number of hydrogen-bond donors (Lipinski definition) is 1. The third-order valence-electron chi connectivity index (χ3n) is 4.07. The van der Waals surface area contributed by atoms with Crippen molar-refractivity contribution >= 4 is 17.4 Å². The van der Waals surface area contributed by atoms with Crippen LogP contribution in [0.2, 0.25) is 0 Å². The highest BCUT2D eigenvalue weighted by Crippen LogP contribution is 2.20.